The van der Waals surface area contributed by atoms with Crippen molar-refractivity contribution in [2.45, 2.75) is 25.4 Å². The monoisotopic (exact) mass is 309 g/mol. The van der Waals surface area contributed by atoms with E-state index in [0.717, 1.165) is 38.2 Å². The Hall–Kier alpha value is -2.26. The Morgan fingerprint density at radius 2 is 1.78 bits per heavy atom. The molecule has 1 aromatic rings. The minimum Gasteiger partial charge on any atom is -0.397 e. The SMILES string of the molecule is C=C/C=C(N)\C(=C/C=C)NC1CCN(Cc2ccccc2)CC1. The predicted octanol–water partition coefficient (Wildman–Crippen LogP) is 3.34. The van der Waals surface area contributed by atoms with Crippen LogP contribution in [0.3, 0.4) is 0 Å². The number of nitrogens with one attached hydrogen (secondary N) is 1. The molecule has 0 saturated carbocycles. The van der Waals surface area contributed by atoms with Gasteiger partial charge in [0.15, 0.2) is 0 Å². The van der Waals surface area contributed by atoms with Gasteiger partial charge in [0, 0.05) is 25.7 Å². The van der Waals surface area contributed by atoms with Gasteiger partial charge in [0.1, 0.15) is 0 Å². The lowest BCUT2D eigenvalue weighted by atomic mass is 10.0. The molecule has 23 heavy (non-hydrogen) atoms. The predicted molar refractivity (Wildman–Crippen MR) is 98.6 cm³/mol. The summed E-state index contributed by atoms with van der Waals surface area (Å²) in [5, 5.41) is 3.55. The van der Waals surface area contributed by atoms with E-state index >= 15 is 0 Å². The summed E-state index contributed by atoms with van der Waals surface area (Å²) in [5.41, 5.74) is 9.07. The second-order valence-electron chi connectivity index (χ2n) is 5.85. The van der Waals surface area contributed by atoms with Crippen molar-refractivity contribution < 1.29 is 0 Å². The number of nitrogens with zero attached hydrogens (tertiary/aromatic N) is 1. The Labute approximate surface area is 139 Å². The molecule has 0 spiro atoms. The van der Waals surface area contributed by atoms with Gasteiger partial charge in [0.25, 0.3) is 0 Å². The van der Waals surface area contributed by atoms with Crippen molar-refractivity contribution in [1.82, 2.24) is 10.2 Å². The first-order valence-corrected chi connectivity index (χ1v) is 8.17. The van der Waals surface area contributed by atoms with E-state index in [4.69, 9.17) is 5.73 Å². The van der Waals surface area contributed by atoms with E-state index in [9.17, 15) is 0 Å². The van der Waals surface area contributed by atoms with Gasteiger partial charge in [-0.1, -0.05) is 55.6 Å². The van der Waals surface area contributed by atoms with E-state index in [0.29, 0.717) is 11.7 Å². The maximum absolute atomic E-state index is 6.06. The molecule has 1 aromatic carbocycles. The molecule has 0 unspecified atom stereocenters. The molecule has 2 rings (SSSR count). The number of benzene rings is 1. The molecule has 1 aliphatic rings. The number of allylic oxidation sites excluding steroid dienone is 4. The Kier molecular flexibility index (Phi) is 6.70. The highest BCUT2D eigenvalue weighted by Crippen LogP contribution is 2.16. The summed E-state index contributed by atoms with van der Waals surface area (Å²) in [6, 6.07) is 11.1. The van der Waals surface area contributed by atoms with Gasteiger partial charge in [-0.3, -0.25) is 4.90 Å². The highest BCUT2D eigenvalue weighted by molar-refractivity contribution is 5.32. The summed E-state index contributed by atoms with van der Waals surface area (Å²) < 4.78 is 0. The fourth-order valence-corrected chi connectivity index (χ4v) is 2.86. The maximum atomic E-state index is 6.06. The molecule has 1 aliphatic heterocycles. The second kappa shape index (κ2) is 9.01. The van der Waals surface area contributed by atoms with Gasteiger partial charge in [-0.15, -0.1) is 0 Å². The third kappa shape index (κ3) is 5.46. The fraction of sp³-hybridized carbons (Fsp3) is 0.300. The van der Waals surface area contributed by atoms with Crippen LogP contribution in [0.15, 0.2) is 79.2 Å². The molecule has 1 heterocycles. The number of hydrogen-bond donors (Lipinski definition) is 2. The van der Waals surface area contributed by atoms with Crippen molar-refractivity contribution in [3.63, 3.8) is 0 Å². The van der Waals surface area contributed by atoms with Crippen LogP contribution in [-0.2, 0) is 6.54 Å². The molecule has 1 saturated heterocycles. The third-order valence-electron chi connectivity index (χ3n) is 4.09. The second-order valence-corrected chi connectivity index (χ2v) is 5.85. The van der Waals surface area contributed by atoms with Crippen molar-refractivity contribution in [3.05, 3.63) is 84.8 Å². The number of hydrogen-bond acceptors (Lipinski definition) is 3. The zero-order valence-corrected chi connectivity index (χ0v) is 13.7. The molecule has 0 atom stereocenters. The average Bonchev–Trinajstić information content (AvgIpc) is 2.57. The van der Waals surface area contributed by atoms with E-state index in [1.54, 1.807) is 12.2 Å². The zero-order valence-electron chi connectivity index (χ0n) is 13.7. The molecular weight excluding hydrogens is 282 g/mol. The molecule has 0 radical (unpaired) electrons. The first-order valence-electron chi connectivity index (χ1n) is 8.17. The average molecular weight is 309 g/mol. The minimum atomic E-state index is 0.449. The van der Waals surface area contributed by atoms with Gasteiger partial charge in [-0.05, 0) is 30.6 Å². The van der Waals surface area contributed by atoms with Crippen LogP contribution < -0.4 is 11.1 Å². The highest BCUT2D eigenvalue weighted by atomic mass is 15.1. The first-order chi connectivity index (χ1) is 11.2. The van der Waals surface area contributed by atoms with E-state index in [1.807, 2.05) is 12.2 Å². The molecule has 0 aliphatic carbocycles. The summed E-state index contributed by atoms with van der Waals surface area (Å²) in [6.07, 6.45) is 9.43. The summed E-state index contributed by atoms with van der Waals surface area (Å²) in [4.78, 5) is 2.51. The minimum absolute atomic E-state index is 0.449. The normalized spacial score (nSPS) is 17.7. The van der Waals surface area contributed by atoms with E-state index in [2.05, 4.69) is 53.7 Å². The van der Waals surface area contributed by atoms with Gasteiger partial charge in [0.05, 0.1) is 11.4 Å². The lowest BCUT2D eigenvalue weighted by Gasteiger charge is -2.33. The van der Waals surface area contributed by atoms with Crippen LogP contribution >= 0.6 is 0 Å². The highest BCUT2D eigenvalue weighted by Gasteiger charge is 2.19. The number of likely N-dealkylation sites (tertiary alicyclic amines) is 1. The van der Waals surface area contributed by atoms with Gasteiger partial charge in [-0.25, -0.2) is 0 Å². The van der Waals surface area contributed by atoms with Crippen LogP contribution in [-0.4, -0.2) is 24.0 Å². The summed E-state index contributed by atoms with van der Waals surface area (Å²) in [7, 11) is 0. The standard InChI is InChI=1S/C20H27N3/c1-3-8-19(21)20(9-4-2)22-18-12-14-23(15-13-18)16-17-10-6-5-7-11-17/h3-11,18,22H,1-2,12-16,21H2/b19-8+,20-9+. The lowest BCUT2D eigenvalue weighted by molar-refractivity contribution is 0.195. The molecule has 3 heteroatoms. The third-order valence-corrected chi connectivity index (χ3v) is 4.09. The molecule has 3 N–H and O–H groups in total. The van der Waals surface area contributed by atoms with Crippen molar-refractivity contribution >= 4 is 0 Å². The van der Waals surface area contributed by atoms with E-state index < -0.39 is 0 Å². The number of nitrogens with two attached hydrogens (primary N) is 1. The molecule has 3 nitrogen and oxygen atoms in total. The Morgan fingerprint density at radius 3 is 2.39 bits per heavy atom. The van der Waals surface area contributed by atoms with Crippen molar-refractivity contribution in [2.75, 3.05) is 13.1 Å². The van der Waals surface area contributed by atoms with Crippen LogP contribution in [0.5, 0.6) is 0 Å². The Morgan fingerprint density at radius 1 is 1.13 bits per heavy atom. The summed E-state index contributed by atoms with van der Waals surface area (Å²) in [6.45, 7) is 10.7. The van der Waals surface area contributed by atoms with Crippen LogP contribution in [0.25, 0.3) is 0 Å². The zero-order chi connectivity index (χ0) is 16.5. The summed E-state index contributed by atoms with van der Waals surface area (Å²) in [5.74, 6) is 0. The topological polar surface area (TPSA) is 41.3 Å². The Balaban J connectivity index is 1.86. The van der Waals surface area contributed by atoms with E-state index in [-0.39, 0.29) is 0 Å². The molecule has 0 bridgehead atoms. The fourth-order valence-electron chi connectivity index (χ4n) is 2.86. The van der Waals surface area contributed by atoms with Crippen LogP contribution in [0.4, 0.5) is 0 Å². The van der Waals surface area contributed by atoms with Gasteiger partial charge >= 0.3 is 0 Å². The summed E-state index contributed by atoms with van der Waals surface area (Å²) >= 11 is 0. The Bertz CT molecular complexity index is 564. The smallest absolute Gasteiger partial charge is 0.0575 e. The molecular formula is C20H27N3. The van der Waals surface area contributed by atoms with Gasteiger partial charge in [0.2, 0.25) is 0 Å². The van der Waals surface area contributed by atoms with E-state index in [1.165, 1.54) is 5.56 Å². The van der Waals surface area contributed by atoms with Crippen molar-refractivity contribution in [1.29, 1.82) is 0 Å². The molecule has 0 amide bonds. The molecule has 122 valence electrons. The lowest BCUT2D eigenvalue weighted by Crippen LogP contribution is -2.42. The van der Waals surface area contributed by atoms with Gasteiger partial charge < -0.3 is 11.1 Å². The molecule has 0 aromatic heterocycles. The number of rotatable bonds is 7. The maximum Gasteiger partial charge on any atom is 0.0575 e. The first kappa shape index (κ1) is 17.1. The largest absolute Gasteiger partial charge is 0.397 e. The van der Waals surface area contributed by atoms with Crippen molar-refractivity contribution in [3.8, 4) is 0 Å². The van der Waals surface area contributed by atoms with Gasteiger partial charge in [-0.2, -0.15) is 0 Å². The number of piperidine rings is 1. The van der Waals surface area contributed by atoms with Crippen LogP contribution in [0.2, 0.25) is 0 Å². The van der Waals surface area contributed by atoms with Crippen LogP contribution in [0, 0.1) is 0 Å². The van der Waals surface area contributed by atoms with Crippen molar-refractivity contribution in [2.24, 2.45) is 5.73 Å². The quantitative estimate of drug-likeness (QED) is 0.759. The van der Waals surface area contributed by atoms with Crippen LogP contribution in [0.1, 0.15) is 18.4 Å². The molecule has 1 fully saturated rings.